The van der Waals surface area contributed by atoms with Gasteiger partial charge < -0.3 is 10.5 Å². The lowest BCUT2D eigenvalue weighted by molar-refractivity contribution is -0.137. The number of fused-ring (bicyclic) bond motifs is 3. The van der Waals surface area contributed by atoms with Crippen molar-refractivity contribution in [3.05, 3.63) is 59.5 Å². The summed E-state index contributed by atoms with van der Waals surface area (Å²) in [5.74, 6) is -0.363. The van der Waals surface area contributed by atoms with Gasteiger partial charge in [-0.05, 0) is 51.1 Å². The number of alkyl halides is 3. The van der Waals surface area contributed by atoms with Crippen molar-refractivity contribution < 1.29 is 27.5 Å². The van der Waals surface area contributed by atoms with Crippen molar-refractivity contribution >= 4 is 39.6 Å². The number of nitrogens with zero attached hydrogens (tertiary/aromatic N) is 5. The molecule has 2 amide bonds. The lowest BCUT2D eigenvalue weighted by Crippen LogP contribution is -2.47. The van der Waals surface area contributed by atoms with Gasteiger partial charge in [-0.2, -0.15) is 18.3 Å². The van der Waals surface area contributed by atoms with Crippen molar-refractivity contribution in [2.45, 2.75) is 39.1 Å². The summed E-state index contributed by atoms with van der Waals surface area (Å²) in [5, 5.41) is 6.34. The molecule has 0 radical (unpaired) electrons. The molecule has 1 aromatic carbocycles. The summed E-state index contributed by atoms with van der Waals surface area (Å²) in [4.78, 5) is 34.2. The second-order valence-electron chi connectivity index (χ2n) is 9.30. The summed E-state index contributed by atoms with van der Waals surface area (Å²) < 4.78 is 45.7. The highest BCUT2D eigenvalue weighted by molar-refractivity contribution is 6.10. The van der Waals surface area contributed by atoms with E-state index in [9.17, 15) is 22.8 Å². The SMILES string of the molecule is Cn1ncc2c(N)nc3ccc(C(=O)N(Cc4ccc(C(F)(F)F)cn4)NC(=O)OC(C)(C)C)cc3c21. The number of pyridine rings is 2. The van der Waals surface area contributed by atoms with Gasteiger partial charge in [-0.1, -0.05) is 0 Å². The molecular formula is C24H24F3N7O3. The number of nitrogens with two attached hydrogens (primary N) is 1. The van der Waals surface area contributed by atoms with Gasteiger partial charge in [0, 0.05) is 24.2 Å². The first kappa shape index (κ1) is 25.7. The molecule has 0 aliphatic carbocycles. The number of ether oxygens (including phenoxy) is 1. The Morgan fingerprint density at radius 3 is 2.46 bits per heavy atom. The van der Waals surface area contributed by atoms with E-state index in [-0.39, 0.29) is 23.6 Å². The maximum atomic E-state index is 13.5. The molecule has 37 heavy (non-hydrogen) atoms. The van der Waals surface area contributed by atoms with Crippen molar-refractivity contribution in [2.24, 2.45) is 7.05 Å². The zero-order chi connectivity index (χ0) is 27.1. The fraction of sp³-hybridized carbons (Fsp3) is 0.292. The Hall–Kier alpha value is -4.42. The molecule has 4 aromatic rings. The summed E-state index contributed by atoms with van der Waals surface area (Å²) in [6.45, 7) is 4.63. The Balaban J connectivity index is 1.71. The van der Waals surface area contributed by atoms with E-state index in [1.807, 2.05) is 0 Å². The number of hydrazine groups is 1. The van der Waals surface area contributed by atoms with Gasteiger partial charge in [0.25, 0.3) is 5.91 Å². The second kappa shape index (κ2) is 9.22. The van der Waals surface area contributed by atoms with E-state index in [4.69, 9.17) is 10.5 Å². The molecule has 0 spiro atoms. The van der Waals surface area contributed by atoms with Gasteiger partial charge in [0.15, 0.2) is 0 Å². The van der Waals surface area contributed by atoms with Gasteiger partial charge in [-0.25, -0.2) is 20.2 Å². The Morgan fingerprint density at radius 1 is 1.11 bits per heavy atom. The predicted octanol–water partition coefficient (Wildman–Crippen LogP) is 4.20. The number of nitrogens with one attached hydrogen (secondary N) is 1. The van der Waals surface area contributed by atoms with Crippen molar-refractivity contribution in [1.29, 1.82) is 0 Å². The van der Waals surface area contributed by atoms with E-state index in [1.165, 1.54) is 6.07 Å². The lowest BCUT2D eigenvalue weighted by atomic mass is 10.1. The molecule has 0 bridgehead atoms. The number of rotatable bonds is 3. The summed E-state index contributed by atoms with van der Waals surface area (Å²) in [6, 6.07) is 6.67. The third kappa shape index (κ3) is 5.55. The average molecular weight is 515 g/mol. The average Bonchev–Trinajstić information content (AvgIpc) is 3.19. The predicted molar refractivity (Wildman–Crippen MR) is 129 cm³/mol. The third-order valence-corrected chi connectivity index (χ3v) is 5.30. The first-order valence-corrected chi connectivity index (χ1v) is 11.1. The number of carbonyl (C=O) groups excluding carboxylic acids is 2. The Morgan fingerprint density at radius 2 is 1.84 bits per heavy atom. The number of halogens is 3. The Bertz CT molecular complexity index is 1490. The fourth-order valence-corrected chi connectivity index (χ4v) is 3.67. The number of hydrogen-bond donors (Lipinski definition) is 2. The highest BCUT2D eigenvalue weighted by Gasteiger charge is 2.31. The molecule has 3 N–H and O–H groups in total. The van der Waals surface area contributed by atoms with E-state index in [1.54, 1.807) is 50.8 Å². The molecule has 0 saturated carbocycles. The number of hydrogen-bond acceptors (Lipinski definition) is 7. The zero-order valence-electron chi connectivity index (χ0n) is 20.4. The van der Waals surface area contributed by atoms with Crippen molar-refractivity contribution in [2.75, 3.05) is 5.73 Å². The van der Waals surface area contributed by atoms with Crippen molar-refractivity contribution in [3.63, 3.8) is 0 Å². The minimum Gasteiger partial charge on any atom is -0.443 e. The minimum atomic E-state index is -4.56. The molecule has 0 aliphatic rings. The molecule has 0 unspecified atom stereocenters. The van der Waals surface area contributed by atoms with Gasteiger partial charge in [-0.15, -0.1) is 0 Å². The zero-order valence-corrected chi connectivity index (χ0v) is 20.4. The highest BCUT2D eigenvalue weighted by Crippen LogP contribution is 2.29. The quantitative estimate of drug-likeness (QED) is 0.391. The van der Waals surface area contributed by atoms with Crippen LogP contribution in [0.4, 0.5) is 23.8 Å². The first-order chi connectivity index (χ1) is 17.2. The molecule has 194 valence electrons. The van der Waals surface area contributed by atoms with Gasteiger partial charge >= 0.3 is 12.3 Å². The minimum absolute atomic E-state index is 0.113. The summed E-state index contributed by atoms with van der Waals surface area (Å²) in [5.41, 5.74) is 8.09. The number of carbonyl (C=O) groups is 2. The highest BCUT2D eigenvalue weighted by atomic mass is 19.4. The van der Waals surface area contributed by atoms with Crippen LogP contribution in [0.3, 0.4) is 0 Å². The van der Waals surface area contributed by atoms with Gasteiger partial charge in [0.05, 0.1) is 40.4 Å². The lowest BCUT2D eigenvalue weighted by Gasteiger charge is -2.26. The molecule has 10 nitrogen and oxygen atoms in total. The molecule has 13 heteroatoms. The maximum Gasteiger partial charge on any atom is 0.426 e. The number of nitrogen functional groups attached to an aromatic ring is 1. The molecule has 0 atom stereocenters. The standard InChI is InChI=1S/C24H24F3N7O3/c1-23(2,3)37-22(36)32-34(12-15-7-6-14(10-29-15)24(25,26)27)21(35)13-5-8-18-16(9-13)19-17(20(28)31-18)11-30-33(19)4/h5-11H,12H2,1-4H3,(H2,28,31)(H,32,36). The van der Waals surface area contributed by atoms with Crippen LogP contribution in [0.2, 0.25) is 0 Å². The van der Waals surface area contributed by atoms with Crippen LogP contribution < -0.4 is 11.2 Å². The number of aromatic nitrogens is 4. The van der Waals surface area contributed by atoms with E-state index >= 15 is 0 Å². The molecular weight excluding hydrogens is 491 g/mol. The number of benzene rings is 1. The summed E-state index contributed by atoms with van der Waals surface area (Å²) >= 11 is 0. The van der Waals surface area contributed by atoms with E-state index < -0.39 is 29.3 Å². The number of amides is 2. The van der Waals surface area contributed by atoms with Crippen LogP contribution in [-0.4, -0.2) is 42.4 Å². The van der Waals surface area contributed by atoms with Crippen LogP contribution in [-0.2, 0) is 24.5 Å². The van der Waals surface area contributed by atoms with E-state index in [0.717, 1.165) is 17.1 Å². The van der Waals surface area contributed by atoms with E-state index in [0.29, 0.717) is 28.0 Å². The molecule has 3 heterocycles. The van der Waals surface area contributed by atoms with Crippen LogP contribution in [0.25, 0.3) is 21.8 Å². The van der Waals surface area contributed by atoms with Gasteiger partial charge in [0.1, 0.15) is 11.4 Å². The normalized spacial score (nSPS) is 12.1. The molecule has 0 fully saturated rings. The molecule has 3 aromatic heterocycles. The summed E-state index contributed by atoms with van der Waals surface area (Å²) in [7, 11) is 1.72. The largest absolute Gasteiger partial charge is 0.443 e. The van der Waals surface area contributed by atoms with E-state index in [2.05, 4.69) is 20.5 Å². The van der Waals surface area contributed by atoms with Crippen LogP contribution in [0.1, 0.15) is 42.4 Å². The van der Waals surface area contributed by atoms with Crippen molar-refractivity contribution in [3.8, 4) is 0 Å². The van der Waals surface area contributed by atoms with Gasteiger partial charge in [0.2, 0.25) is 0 Å². The van der Waals surface area contributed by atoms with Crippen LogP contribution in [0, 0.1) is 0 Å². The maximum absolute atomic E-state index is 13.5. The summed E-state index contributed by atoms with van der Waals surface area (Å²) in [6.07, 6.45) is -3.25. The van der Waals surface area contributed by atoms with Crippen LogP contribution in [0.5, 0.6) is 0 Å². The Kier molecular flexibility index (Phi) is 6.40. The number of anilines is 1. The third-order valence-electron chi connectivity index (χ3n) is 5.30. The van der Waals surface area contributed by atoms with Gasteiger partial charge in [-0.3, -0.25) is 14.5 Å². The molecule has 0 aliphatic heterocycles. The van der Waals surface area contributed by atoms with Crippen LogP contribution >= 0.6 is 0 Å². The number of aryl methyl sites for hydroxylation is 1. The topological polar surface area (TPSA) is 128 Å². The van der Waals surface area contributed by atoms with Crippen LogP contribution in [0.15, 0.2) is 42.7 Å². The monoisotopic (exact) mass is 515 g/mol. The van der Waals surface area contributed by atoms with Crippen molar-refractivity contribution in [1.82, 2.24) is 30.2 Å². The second-order valence-corrected chi connectivity index (χ2v) is 9.30. The molecule has 0 saturated heterocycles. The first-order valence-electron chi connectivity index (χ1n) is 11.1. The molecule has 4 rings (SSSR count). The smallest absolute Gasteiger partial charge is 0.426 e. The fourth-order valence-electron chi connectivity index (χ4n) is 3.67. The Labute approximate surface area is 209 Å².